The number of carbonyl (C=O) groups is 1. The van der Waals surface area contributed by atoms with E-state index in [0.717, 1.165) is 17.1 Å². The van der Waals surface area contributed by atoms with Crippen molar-refractivity contribution in [3.05, 3.63) is 35.0 Å². The number of likely N-dealkylation sites (tertiary alicyclic amines) is 1. The van der Waals surface area contributed by atoms with E-state index in [9.17, 15) is 9.90 Å². The Labute approximate surface area is 128 Å². The number of rotatable bonds is 3. The van der Waals surface area contributed by atoms with Gasteiger partial charge in [-0.15, -0.1) is 0 Å². The Morgan fingerprint density at radius 3 is 2.82 bits per heavy atom. The standard InChI is InChI=1S/C15H20N4O3/c1-9-4-12(22-17-9)5-11-7-19(8-14(11)20)15(21)13-6-16-18(3)10(13)2/h4,6,11,14,20H,5,7-8H2,1-3H3/t11-,14+/m1/s1. The molecule has 7 nitrogen and oxygen atoms in total. The van der Waals surface area contributed by atoms with Gasteiger partial charge in [0.1, 0.15) is 5.76 Å². The first kappa shape index (κ1) is 14.8. The van der Waals surface area contributed by atoms with E-state index in [1.807, 2.05) is 19.9 Å². The van der Waals surface area contributed by atoms with Crippen LogP contribution in [0.4, 0.5) is 0 Å². The number of β-amino-alcohol motifs (C(OH)–C–C–N with tert-alkyl or cyclic N) is 1. The Morgan fingerprint density at radius 2 is 2.23 bits per heavy atom. The normalized spacial score (nSPS) is 21.5. The van der Waals surface area contributed by atoms with Gasteiger partial charge < -0.3 is 14.5 Å². The molecule has 3 heterocycles. The lowest BCUT2D eigenvalue weighted by atomic mass is 10.0. The number of aliphatic hydroxyl groups is 1. The van der Waals surface area contributed by atoms with Crippen molar-refractivity contribution < 1.29 is 14.4 Å². The van der Waals surface area contributed by atoms with E-state index >= 15 is 0 Å². The van der Waals surface area contributed by atoms with Gasteiger partial charge in [-0.25, -0.2) is 0 Å². The molecule has 0 saturated carbocycles. The van der Waals surface area contributed by atoms with Crippen molar-refractivity contribution in [3.63, 3.8) is 0 Å². The molecule has 0 aromatic carbocycles. The predicted molar refractivity (Wildman–Crippen MR) is 78.3 cm³/mol. The Kier molecular flexibility index (Phi) is 3.74. The monoisotopic (exact) mass is 304 g/mol. The van der Waals surface area contributed by atoms with Gasteiger partial charge in [-0.2, -0.15) is 5.10 Å². The van der Waals surface area contributed by atoms with E-state index in [1.165, 1.54) is 0 Å². The molecule has 2 aromatic heterocycles. The number of amides is 1. The quantitative estimate of drug-likeness (QED) is 0.902. The van der Waals surface area contributed by atoms with Crippen molar-refractivity contribution in [2.75, 3.05) is 13.1 Å². The van der Waals surface area contributed by atoms with Crippen molar-refractivity contribution in [1.82, 2.24) is 19.8 Å². The zero-order valence-electron chi connectivity index (χ0n) is 13.0. The van der Waals surface area contributed by atoms with Gasteiger partial charge in [-0.05, 0) is 13.8 Å². The Morgan fingerprint density at radius 1 is 1.45 bits per heavy atom. The van der Waals surface area contributed by atoms with Crippen LogP contribution in [0.15, 0.2) is 16.8 Å². The third kappa shape index (κ3) is 2.64. The van der Waals surface area contributed by atoms with E-state index in [4.69, 9.17) is 4.52 Å². The molecule has 118 valence electrons. The number of aromatic nitrogens is 3. The van der Waals surface area contributed by atoms with Gasteiger partial charge in [-0.3, -0.25) is 9.48 Å². The number of aliphatic hydroxyl groups excluding tert-OH is 1. The van der Waals surface area contributed by atoms with Crippen molar-refractivity contribution in [3.8, 4) is 0 Å². The number of aryl methyl sites for hydroxylation is 2. The second-order valence-electron chi connectivity index (χ2n) is 5.94. The summed E-state index contributed by atoms with van der Waals surface area (Å²) in [6, 6.07) is 1.86. The van der Waals surface area contributed by atoms with E-state index in [0.29, 0.717) is 25.1 Å². The van der Waals surface area contributed by atoms with Crippen molar-refractivity contribution in [2.24, 2.45) is 13.0 Å². The molecule has 22 heavy (non-hydrogen) atoms. The SMILES string of the molecule is Cc1cc(C[C@@H]2CN(C(=O)c3cnn(C)c3C)C[C@@H]2O)on1. The number of hydrogen-bond acceptors (Lipinski definition) is 5. The molecule has 2 aromatic rings. The molecule has 3 rings (SSSR count). The highest BCUT2D eigenvalue weighted by Crippen LogP contribution is 2.24. The third-order valence-electron chi connectivity index (χ3n) is 4.30. The molecule has 0 radical (unpaired) electrons. The molecule has 0 spiro atoms. The topological polar surface area (TPSA) is 84.4 Å². The molecular weight excluding hydrogens is 284 g/mol. The number of hydrogen-bond donors (Lipinski definition) is 1. The first-order valence-corrected chi connectivity index (χ1v) is 7.34. The summed E-state index contributed by atoms with van der Waals surface area (Å²) >= 11 is 0. The van der Waals surface area contributed by atoms with Crippen LogP contribution in [-0.2, 0) is 13.5 Å². The van der Waals surface area contributed by atoms with Crippen LogP contribution in [0.3, 0.4) is 0 Å². The van der Waals surface area contributed by atoms with Gasteiger partial charge in [0.05, 0.1) is 23.6 Å². The number of nitrogens with zero attached hydrogens (tertiary/aromatic N) is 4. The Hall–Kier alpha value is -2.15. The molecule has 0 aliphatic carbocycles. The summed E-state index contributed by atoms with van der Waals surface area (Å²) in [5.74, 6) is 0.627. The summed E-state index contributed by atoms with van der Waals surface area (Å²) in [6.07, 6.45) is 1.61. The van der Waals surface area contributed by atoms with E-state index in [1.54, 1.807) is 22.8 Å². The molecule has 7 heteroatoms. The molecule has 1 fully saturated rings. The Balaban J connectivity index is 1.70. The van der Waals surface area contributed by atoms with E-state index < -0.39 is 6.10 Å². The molecule has 1 aliphatic heterocycles. The third-order valence-corrected chi connectivity index (χ3v) is 4.30. The lowest BCUT2D eigenvalue weighted by molar-refractivity contribution is 0.0763. The smallest absolute Gasteiger partial charge is 0.257 e. The fourth-order valence-corrected chi connectivity index (χ4v) is 2.87. The van der Waals surface area contributed by atoms with Gasteiger partial charge in [0.25, 0.3) is 5.91 Å². The summed E-state index contributed by atoms with van der Waals surface area (Å²) < 4.78 is 6.87. The van der Waals surface area contributed by atoms with Crippen LogP contribution in [0, 0.1) is 19.8 Å². The molecule has 1 aliphatic rings. The van der Waals surface area contributed by atoms with Crippen LogP contribution in [0.25, 0.3) is 0 Å². The summed E-state index contributed by atoms with van der Waals surface area (Å²) in [5.41, 5.74) is 2.24. The van der Waals surface area contributed by atoms with Gasteiger partial charge in [0, 0.05) is 44.2 Å². The molecular formula is C15H20N4O3. The summed E-state index contributed by atoms with van der Waals surface area (Å²) in [4.78, 5) is 14.2. The van der Waals surface area contributed by atoms with Crippen LogP contribution in [0.2, 0.25) is 0 Å². The number of carbonyl (C=O) groups excluding carboxylic acids is 1. The molecule has 0 bridgehead atoms. The van der Waals surface area contributed by atoms with Crippen LogP contribution in [0.5, 0.6) is 0 Å². The first-order chi connectivity index (χ1) is 10.5. The maximum atomic E-state index is 12.6. The van der Waals surface area contributed by atoms with Gasteiger partial charge >= 0.3 is 0 Å². The van der Waals surface area contributed by atoms with Gasteiger partial charge in [0.2, 0.25) is 0 Å². The molecule has 1 N–H and O–H groups in total. The largest absolute Gasteiger partial charge is 0.391 e. The summed E-state index contributed by atoms with van der Waals surface area (Å²) in [7, 11) is 1.81. The van der Waals surface area contributed by atoms with Crippen LogP contribution in [-0.4, -0.2) is 50.0 Å². The van der Waals surface area contributed by atoms with Crippen molar-refractivity contribution in [1.29, 1.82) is 0 Å². The minimum Gasteiger partial charge on any atom is -0.391 e. The average molecular weight is 304 g/mol. The zero-order chi connectivity index (χ0) is 15.9. The highest BCUT2D eigenvalue weighted by atomic mass is 16.5. The Bertz CT molecular complexity index is 691. The molecule has 1 amide bonds. The van der Waals surface area contributed by atoms with E-state index in [-0.39, 0.29) is 11.8 Å². The van der Waals surface area contributed by atoms with Crippen molar-refractivity contribution in [2.45, 2.75) is 26.4 Å². The highest BCUT2D eigenvalue weighted by Gasteiger charge is 2.35. The predicted octanol–water partition coefficient (Wildman–Crippen LogP) is 0.701. The molecule has 2 atom stereocenters. The van der Waals surface area contributed by atoms with E-state index in [2.05, 4.69) is 10.3 Å². The van der Waals surface area contributed by atoms with Gasteiger partial charge in [-0.1, -0.05) is 5.16 Å². The van der Waals surface area contributed by atoms with Crippen LogP contribution >= 0.6 is 0 Å². The molecule has 1 saturated heterocycles. The minimum absolute atomic E-state index is 0.0340. The van der Waals surface area contributed by atoms with Crippen molar-refractivity contribution >= 4 is 5.91 Å². The maximum absolute atomic E-state index is 12.6. The maximum Gasteiger partial charge on any atom is 0.257 e. The fourth-order valence-electron chi connectivity index (χ4n) is 2.87. The van der Waals surface area contributed by atoms with Crippen LogP contribution < -0.4 is 0 Å². The fraction of sp³-hybridized carbons (Fsp3) is 0.533. The second kappa shape index (κ2) is 5.57. The first-order valence-electron chi connectivity index (χ1n) is 7.34. The second-order valence-corrected chi connectivity index (χ2v) is 5.94. The highest BCUT2D eigenvalue weighted by molar-refractivity contribution is 5.95. The average Bonchev–Trinajstić information content (AvgIpc) is 3.13. The molecule has 0 unspecified atom stereocenters. The zero-order valence-corrected chi connectivity index (χ0v) is 13.0. The summed E-state index contributed by atoms with van der Waals surface area (Å²) in [6.45, 7) is 4.57. The van der Waals surface area contributed by atoms with Gasteiger partial charge in [0.15, 0.2) is 0 Å². The minimum atomic E-state index is -0.550. The van der Waals surface area contributed by atoms with Crippen LogP contribution in [0.1, 0.15) is 27.5 Å². The lowest BCUT2D eigenvalue weighted by Crippen LogP contribution is -2.30. The summed E-state index contributed by atoms with van der Waals surface area (Å²) in [5, 5.41) is 18.2. The lowest BCUT2D eigenvalue weighted by Gasteiger charge is -2.15.